The fourth-order valence-corrected chi connectivity index (χ4v) is 3.57. The second-order valence-electron chi connectivity index (χ2n) is 7.38. The Hall–Kier alpha value is -2.18. The normalized spacial score (nSPS) is 20.9. The van der Waals surface area contributed by atoms with Crippen LogP contribution in [-0.4, -0.2) is 51.7 Å². The van der Waals surface area contributed by atoms with Crippen molar-refractivity contribution in [3.8, 4) is 0 Å². The molecule has 1 N–H and O–H groups in total. The predicted molar refractivity (Wildman–Crippen MR) is 98.2 cm³/mol. The highest BCUT2D eigenvalue weighted by atomic mass is 16.5. The van der Waals surface area contributed by atoms with Gasteiger partial charge in [-0.25, -0.2) is 0 Å². The minimum absolute atomic E-state index is 0.0743. The first-order valence-electron chi connectivity index (χ1n) is 9.08. The van der Waals surface area contributed by atoms with Gasteiger partial charge in [0.1, 0.15) is 11.5 Å². The van der Waals surface area contributed by atoms with Crippen LogP contribution < -0.4 is 0 Å². The number of β-amino-alcohol motifs (C(OH)–C–C–N with tert-alkyl or cyclic N) is 1. The summed E-state index contributed by atoms with van der Waals surface area (Å²) in [6.07, 6.45) is 1.68. The second kappa shape index (κ2) is 8.01. The van der Waals surface area contributed by atoms with Gasteiger partial charge >= 0.3 is 0 Å². The molecule has 1 fully saturated rings. The van der Waals surface area contributed by atoms with E-state index in [1.807, 2.05) is 31.2 Å². The molecule has 0 spiro atoms. The highest BCUT2D eigenvalue weighted by Crippen LogP contribution is 2.26. The molecule has 1 aromatic heterocycles. The lowest BCUT2D eigenvalue weighted by molar-refractivity contribution is -0.138. The molecule has 1 atom stereocenters. The van der Waals surface area contributed by atoms with Gasteiger partial charge in [-0.05, 0) is 31.9 Å². The molecular weight excluding hydrogens is 330 g/mol. The summed E-state index contributed by atoms with van der Waals surface area (Å²) >= 11 is 0. The summed E-state index contributed by atoms with van der Waals surface area (Å²) in [7, 11) is 1.74. The van der Waals surface area contributed by atoms with E-state index >= 15 is 0 Å². The van der Waals surface area contributed by atoms with Crippen LogP contribution in [0.15, 0.2) is 40.9 Å². The maximum atomic E-state index is 12.6. The number of carbonyl (C=O) groups excluding carboxylic acids is 1. The van der Waals surface area contributed by atoms with E-state index in [4.69, 9.17) is 4.52 Å². The predicted octanol–water partition coefficient (Wildman–Crippen LogP) is 2.36. The number of nitrogens with zero attached hydrogens (tertiary/aromatic N) is 3. The number of likely N-dealkylation sites (tertiary alicyclic amines) is 1. The van der Waals surface area contributed by atoms with Gasteiger partial charge < -0.3 is 14.5 Å². The van der Waals surface area contributed by atoms with Gasteiger partial charge in [0.25, 0.3) is 0 Å². The van der Waals surface area contributed by atoms with Crippen LogP contribution in [-0.2, 0) is 17.9 Å². The van der Waals surface area contributed by atoms with E-state index in [-0.39, 0.29) is 12.3 Å². The number of benzene rings is 1. The Kier molecular flexibility index (Phi) is 5.74. The summed E-state index contributed by atoms with van der Waals surface area (Å²) in [4.78, 5) is 16.4. The molecule has 1 aliphatic heterocycles. The topological polar surface area (TPSA) is 69.8 Å². The minimum atomic E-state index is -0.974. The first kappa shape index (κ1) is 18.6. The van der Waals surface area contributed by atoms with Crippen molar-refractivity contribution in [1.82, 2.24) is 15.0 Å². The SMILES string of the molecule is Cc1cc(CN(C)C(=O)CC2(O)CCCN(Cc3ccccc3)C2)no1. The number of amides is 1. The van der Waals surface area contributed by atoms with Crippen molar-refractivity contribution in [2.24, 2.45) is 0 Å². The lowest BCUT2D eigenvalue weighted by atomic mass is 9.88. The Balaban J connectivity index is 1.55. The number of hydrogen-bond donors (Lipinski definition) is 1. The van der Waals surface area contributed by atoms with Crippen molar-refractivity contribution in [2.45, 2.75) is 44.9 Å². The van der Waals surface area contributed by atoms with E-state index in [0.29, 0.717) is 19.5 Å². The lowest BCUT2D eigenvalue weighted by Gasteiger charge is -2.39. The molecule has 1 amide bonds. The Morgan fingerprint density at radius 1 is 1.38 bits per heavy atom. The minimum Gasteiger partial charge on any atom is -0.388 e. The van der Waals surface area contributed by atoms with Crippen LogP contribution in [0.2, 0.25) is 0 Å². The van der Waals surface area contributed by atoms with Crippen molar-refractivity contribution in [2.75, 3.05) is 20.1 Å². The van der Waals surface area contributed by atoms with Crippen LogP contribution >= 0.6 is 0 Å². The van der Waals surface area contributed by atoms with E-state index in [1.165, 1.54) is 5.56 Å². The molecule has 3 rings (SSSR count). The molecule has 1 saturated heterocycles. The Bertz CT molecular complexity index is 731. The van der Waals surface area contributed by atoms with Crippen LogP contribution in [0, 0.1) is 6.92 Å². The summed E-state index contributed by atoms with van der Waals surface area (Å²) in [5.41, 5.74) is 0.972. The average molecular weight is 357 g/mol. The van der Waals surface area contributed by atoms with Gasteiger partial charge in [0.05, 0.1) is 18.6 Å². The highest BCUT2D eigenvalue weighted by molar-refractivity contribution is 5.77. The molecule has 26 heavy (non-hydrogen) atoms. The molecule has 0 bridgehead atoms. The zero-order chi connectivity index (χ0) is 18.6. The molecule has 140 valence electrons. The molecule has 0 saturated carbocycles. The first-order valence-corrected chi connectivity index (χ1v) is 9.08. The lowest BCUT2D eigenvalue weighted by Crippen LogP contribution is -2.50. The summed E-state index contributed by atoms with van der Waals surface area (Å²) in [5, 5.41) is 14.9. The zero-order valence-corrected chi connectivity index (χ0v) is 15.5. The zero-order valence-electron chi connectivity index (χ0n) is 15.5. The smallest absolute Gasteiger partial charge is 0.225 e. The van der Waals surface area contributed by atoms with Crippen molar-refractivity contribution in [3.05, 3.63) is 53.4 Å². The molecule has 1 aromatic carbocycles. The number of hydrogen-bond acceptors (Lipinski definition) is 5. The molecular formula is C20H27N3O3. The van der Waals surface area contributed by atoms with Crippen LogP contribution in [0.3, 0.4) is 0 Å². The van der Waals surface area contributed by atoms with Crippen LogP contribution in [0.25, 0.3) is 0 Å². The highest BCUT2D eigenvalue weighted by Gasteiger charge is 2.36. The summed E-state index contributed by atoms with van der Waals surface area (Å²) in [5.74, 6) is 0.651. The molecule has 0 radical (unpaired) electrons. The van der Waals surface area contributed by atoms with Crippen molar-refractivity contribution in [3.63, 3.8) is 0 Å². The third kappa shape index (κ3) is 4.93. The fraction of sp³-hybridized carbons (Fsp3) is 0.500. The third-order valence-corrected chi connectivity index (χ3v) is 4.87. The standard InChI is InChI=1S/C20H27N3O3/c1-16-11-18(21-26-16)14-22(2)19(24)12-20(25)9-6-10-23(15-20)13-17-7-4-3-5-8-17/h3-5,7-8,11,25H,6,9-10,12-15H2,1-2H3. The Morgan fingerprint density at radius 3 is 2.85 bits per heavy atom. The molecule has 2 aromatic rings. The number of aromatic nitrogens is 1. The van der Waals surface area contributed by atoms with Gasteiger partial charge in [-0.15, -0.1) is 0 Å². The Morgan fingerprint density at radius 2 is 2.15 bits per heavy atom. The first-order chi connectivity index (χ1) is 12.4. The molecule has 2 heterocycles. The van der Waals surface area contributed by atoms with Gasteiger partial charge in [0, 0.05) is 26.2 Å². The number of carbonyl (C=O) groups is 1. The van der Waals surface area contributed by atoms with Crippen LogP contribution in [0.1, 0.15) is 36.3 Å². The Labute approximate surface area is 154 Å². The van der Waals surface area contributed by atoms with Gasteiger partial charge in [-0.3, -0.25) is 9.69 Å². The largest absolute Gasteiger partial charge is 0.388 e. The van der Waals surface area contributed by atoms with E-state index in [9.17, 15) is 9.90 Å². The van der Waals surface area contributed by atoms with E-state index in [0.717, 1.165) is 31.0 Å². The van der Waals surface area contributed by atoms with Crippen molar-refractivity contribution >= 4 is 5.91 Å². The number of aliphatic hydroxyl groups is 1. The second-order valence-corrected chi connectivity index (χ2v) is 7.38. The molecule has 6 nitrogen and oxygen atoms in total. The summed E-state index contributed by atoms with van der Waals surface area (Å²) < 4.78 is 5.04. The van der Waals surface area contributed by atoms with E-state index in [2.05, 4.69) is 22.2 Å². The number of rotatable bonds is 6. The monoisotopic (exact) mass is 357 g/mol. The maximum absolute atomic E-state index is 12.6. The molecule has 1 aliphatic rings. The molecule has 1 unspecified atom stereocenters. The van der Waals surface area contributed by atoms with Crippen molar-refractivity contribution < 1.29 is 14.4 Å². The molecule has 6 heteroatoms. The third-order valence-electron chi connectivity index (χ3n) is 4.87. The van der Waals surface area contributed by atoms with Gasteiger partial charge in [-0.2, -0.15) is 0 Å². The average Bonchev–Trinajstić information content (AvgIpc) is 3.00. The van der Waals surface area contributed by atoms with Crippen LogP contribution in [0.4, 0.5) is 0 Å². The fourth-order valence-electron chi connectivity index (χ4n) is 3.57. The van der Waals surface area contributed by atoms with Gasteiger partial charge in [-0.1, -0.05) is 35.5 Å². The number of piperidine rings is 1. The maximum Gasteiger partial charge on any atom is 0.225 e. The summed E-state index contributed by atoms with van der Waals surface area (Å²) in [6.45, 7) is 4.47. The van der Waals surface area contributed by atoms with Crippen LogP contribution in [0.5, 0.6) is 0 Å². The van der Waals surface area contributed by atoms with E-state index < -0.39 is 5.60 Å². The van der Waals surface area contributed by atoms with Gasteiger partial charge in [0.2, 0.25) is 5.91 Å². The molecule has 0 aliphatic carbocycles. The van der Waals surface area contributed by atoms with Gasteiger partial charge in [0.15, 0.2) is 0 Å². The quantitative estimate of drug-likeness (QED) is 0.859. The number of aryl methyl sites for hydroxylation is 1. The van der Waals surface area contributed by atoms with Crippen molar-refractivity contribution in [1.29, 1.82) is 0 Å². The van der Waals surface area contributed by atoms with E-state index in [1.54, 1.807) is 11.9 Å². The summed E-state index contributed by atoms with van der Waals surface area (Å²) in [6, 6.07) is 12.0.